The fourth-order valence-corrected chi connectivity index (χ4v) is 3.53. The van der Waals surface area contributed by atoms with Gasteiger partial charge in [-0.3, -0.25) is 0 Å². The minimum absolute atomic E-state index is 0.0163. The lowest BCUT2D eigenvalue weighted by molar-refractivity contribution is 0.492. The second-order valence-electron chi connectivity index (χ2n) is 6.16. The van der Waals surface area contributed by atoms with Crippen LogP contribution in [0.3, 0.4) is 0 Å². The molecule has 25 heavy (non-hydrogen) atoms. The molecule has 1 N–H and O–H groups in total. The molecule has 0 radical (unpaired) electrons. The van der Waals surface area contributed by atoms with Gasteiger partial charge in [0.25, 0.3) is 0 Å². The van der Waals surface area contributed by atoms with Crippen LogP contribution in [0.5, 0.6) is 0 Å². The SMILES string of the molecule is Cc1nc(-c2ccc(C(C)NC(C)c3ccc(Cl)c(F)c3)cc2)cs1. The second-order valence-corrected chi connectivity index (χ2v) is 7.63. The van der Waals surface area contributed by atoms with E-state index in [2.05, 4.69) is 46.9 Å². The Balaban J connectivity index is 1.70. The highest BCUT2D eigenvalue weighted by molar-refractivity contribution is 7.09. The number of rotatable bonds is 5. The van der Waals surface area contributed by atoms with Gasteiger partial charge in [0, 0.05) is 23.0 Å². The summed E-state index contributed by atoms with van der Waals surface area (Å²) >= 11 is 7.41. The maximum atomic E-state index is 13.6. The third-order valence-corrected chi connectivity index (χ3v) is 5.35. The molecule has 0 saturated carbocycles. The molecule has 0 fully saturated rings. The number of hydrogen-bond donors (Lipinski definition) is 1. The number of thiazole rings is 1. The Morgan fingerprint density at radius 1 is 1.04 bits per heavy atom. The van der Waals surface area contributed by atoms with Gasteiger partial charge in [0.2, 0.25) is 0 Å². The van der Waals surface area contributed by atoms with E-state index in [1.165, 1.54) is 11.6 Å². The predicted molar refractivity (Wildman–Crippen MR) is 104 cm³/mol. The van der Waals surface area contributed by atoms with E-state index >= 15 is 0 Å². The van der Waals surface area contributed by atoms with Crippen LogP contribution < -0.4 is 5.32 Å². The van der Waals surface area contributed by atoms with Crippen molar-refractivity contribution in [1.29, 1.82) is 0 Å². The number of halogens is 2. The van der Waals surface area contributed by atoms with E-state index in [0.29, 0.717) is 0 Å². The van der Waals surface area contributed by atoms with Crippen LogP contribution in [-0.2, 0) is 0 Å². The van der Waals surface area contributed by atoms with Crippen LogP contribution in [-0.4, -0.2) is 4.98 Å². The average molecular weight is 375 g/mol. The molecule has 0 amide bonds. The van der Waals surface area contributed by atoms with Crippen LogP contribution in [0.4, 0.5) is 4.39 Å². The van der Waals surface area contributed by atoms with Crippen molar-refractivity contribution in [1.82, 2.24) is 10.3 Å². The van der Waals surface area contributed by atoms with Gasteiger partial charge in [-0.25, -0.2) is 9.37 Å². The lowest BCUT2D eigenvalue weighted by atomic mass is 10.0. The van der Waals surface area contributed by atoms with Crippen molar-refractivity contribution in [3.8, 4) is 11.3 Å². The van der Waals surface area contributed by atoms with E-state index in [9.17, 15) is 4.39 Å². The molecule has 0 bridgehead atoms. The monoisotopic (exact) mass is 374 g/mol. The third kappa shape index (κ3) is 4.27. The second kappa shape index (κ2) is 7.65. The summed E-state index contributed by atoms with van der Waals surface area (Å²) in [6.07, 6.45) is 0. The molecule has 0 aliphatic carbocycles. The van der Waals surface area contributed by atoms with E-state index < -0.39 is 0 Å². The Bertz CT molecular complexity index is 860. The first-order valence-corrected chi connectivity index (χ1v) is 9.43. The number of aryl methyl sites for hydroxylation is 1. The zero-order valence-corrected chi connectivity index (χ0v) is 16.0. The van der Waals surface area contributed by atoms with Crippen LogP contribution in [0.15, 0.2) is 47.8 Å². The lowest BCUT2D eigenvalue weighted by Crippen LogP contribution is -2.22. The first-order chi connectivity index (χ1) is 11.9. The lowest BCUT2D eigenvalue weighted by Gasteiger charge is -2.21. The Kier molecular flexibility index (Phi) is 5.52. The van der Waals surface area contributed by atoms with E-state index in [0.717, 1.165) is 21.8 Å². The zero-order chi connectivity index (χ0) is 18.0. The van der Waals surface area contributed by atoms with Crippen molar-refractivity contribution >= 4 is 22.9 Å². The molecule has 0 aliphatic heterocycles. The number of hydrogen-bond acceptors (Lipinski definition) is 3. The topological polar surface area (TPSA) is 24.9 Å². The van der Waals surface area contributed by atoms with Gasteiger partial charge in [0.15, 0.2) is 0 Å². The van der Waals surface area contributed by atoms with Crippen molar-refractivity contribution in [3.63, 3.8) is 0 Å². The number of nitrogens with zero attached hydrogens (tertiary/aromatic N) is 1. The molecule has 130 valence electrons. The van der Waals surface area contributed by atoms with Gasteiger partial charge in [-0.1, -0.05) is 41.9 Å². The summed E-state index contributed by atoms with van der Waals surface area (Å²) in [6.45, 7) is 6.13. The molecule has 0 aliphatic rings. The largest absolute Gasteiger partial charge is 0.304 e. The highest BCUT2D eigenvalue weighted by atomic mass is 35.5. The zero-order valence-electron chi connectivity index (χ0n) is 14.4. The van der Waals surface area contributed by atoms with Gasteiger partial charge >= 0.3 is 0 Å². The van der Waals surface area contributed by atoms with Crippen LogP contribution >= 0.6 is 22.9 Å². The third-order valence-electron chi connectivity index (χ3n) is 4.27. The van der Waals surface area contributed by atoms with Crippen LogP contribution in [0.2, 0.25) is 5.02 Å². The van der Waals surface area contributed by atoms with E-state index in [4.69, 9.17) is 11.6 Å². The molecule has 2 unspecified atom stereocenters. The Morgan fingerprint density at radius 2 is 1.68 bits per heavy atom. The maximum Gasteiger partial charge on any atom is 0.142 e. The van der Waals surface area contributed by atoms with Crippen molar-refractivity contribution in [3.05, 3.63) is 74.8 Å². The Hall–Kier alpha value is -1.75. The number of nitrogens with one attached hydrogen (secondary N) is 1. The van der Waals surface area contributed by atoms with E-state index in [1.807, 2.05) is 19.9 Å². The summed E-state index contributed by atoms with van der Waals surface area (Å²) in [5, 5.41) is 6.79. The average Bonchev–Trinajstić information content (AvgIpc) is 3.04. The highest BCUT2D eigenvalue weighted by Gasteiger charge is 2.13. The molecule has 2 nitrogen and oxygen atoms in total. The molecular weight excluding hydrogens is 355 g/mol. The summed E-state index contributed by atoms with van der Waals surface area (Å²) in [7, 11) is 0. The molecule has 5 heteroatoms. The summed E-state index contributed by atoms with van der Waals surface area (Å²) in [6, 6.07) is 13.5. The minimum Gasteiger partial charge on any atom is -0.304 e. The molecule has 3 rings (SSSR count). The van der Waals surface area contributed by atoms with Crippen molar-refractivity contribution in [2.75, 3.05) is 0 Å². The van der Waals surface area contributed by atoms with Gasteiger partial charge < -0.3 is 5.32 Å². The molecule has 3 aromatic rings. The molecule has 0 saturated heterocycles. The standard InChI is InChI=1S/C20H20ClFN2S/c1-12(23-13(2)17-8-9-18(21)19(22)10-17)15-4-6-16(7-5-15)20-11-25-14(3)24-20/h4-13,23H,1-3H3. The summed E-state index contributed by atoms with van der Waals surface area (Å²) in [5.41, 5.74) is 4.19. The fraction of sp³-hybridized carbons (Fsp3) is 0.250. The first-order valence-electron chi connectivity index (χ1n) is 8.17. The quantitative estimate of drug-likeness (QED) is 0.565. The predicted octanol–water partition coefficient (Wildman–Crippen LogP) is 6.32. The molecule has 0 spiro atoms. The Labute approximate surface area is 156 Å². The normalized spacial score (nSPS) is 13.6. The Morgan fingerprint density at radius 3 is 2.28 bits per heavy atom. The fourth-order valence-electron chi connectivity index (χ4n) is 2.79. The minimum atomic E-state index is -0.386. The number of aromatic nitrogens is 1. The maximum absolute atomic E-state index is 13.6. The van der Waals surface area contributed by atoms with Gasteiger partial charge in [-0.05, 0) is 44.0 Å². The van der Waals surface area contributed by atoms with Crippen LogP contribution in [0.25, 0.3) is 11.3 Å². The summed E-state index contributed by atoms with van der Waals surface area (Å²) in [4.78, 5) is 4.52. The van der Waals surface area contributed by atoms with Gasteiger partial charge in [-0.2, -0.15) is 0 Å². The molecule has 2 aromatic carbocycles. The summed E-state index contributed by atoms with van der Waals surface area (Å²) in [5.74, 6) is -0.386. The van der Waals surface area contributed by atoms with Crippen molar-refractivity contribution < 1.29 is 4.39 Å². The molecule has 1 aromatic heterocycles. The highest BCUT2D eigenvalue weighted by Crippen LogP contribution is 2.26. The first kappa shape index (κ1) is 18.1. The van der Waals surface area contributed by atoms with Gasteiger partial charge in [0.05, 0.1) is 15.7 Å². The molecule has 1 heterocycles. The summed E-state index contributed by atoms with van der Waals surface area (Å²) < 4.78 is 13.6. The van der Waals surface area contributed by atoms with E-state index in [1.54, 1.807) is 17.4 Å². The van der Waals surface area contributed by atoms with Gasteiger partial charge in [-0.15, -0.1) is 11.3 Å². The molecular formula is C20H20ClFN2S. The van der Waals surface area contributed by atoms with Gasteiger partial charge in [0.1, 0.15) is 5.82 Å². The van der Waals surface area contributed by atoms with Crippen molar-refractivity contribution in [2.45, 2.75) is 32.9 Å². The van der Waals surface area contributed by atoms with Crippen LogP contribution in [0.1, 0.15) is 42.1 Å². The smallest absolute Gasteiger partial charge is 0.142 e. The van der Waals surface area contributed by atoms with Crippen LogP contribution in [0, 0.1) is 12.7 Å². The van der Waals surface area contributed by atoms with E-state index in [-0.39, 0.29) is 22.9 Å². The number of benzene rings is 2. The molecule has 2 atom stereocenters. The van der Waals surface area contributed by atoms with Crippen molar-refractivity contribution in [2.24, 2.45) is 0 Å².